The zero-order valence-corrected chi connectivity index (χ0v) is 16.9. The first-order valence-corrected chi connectivity index (χ1v) is 8.07. The number of carboxylic acid groups (broad SMARTS) is 1. The maximum Gasteiger partial charge on any atom is 1.00 e. The number of carbonyl (C=O) groups excluding carboxylic acids is 3. The number of ether oxygens (including phenoxy) is 2. The van der Waals surface area contributed by atoms with E-state index in [-0.39, 0.29) is 47.8 Å². The van der Waals surface area contributed by atoms with Crippen molar-refractivity contribution in [3.63, 3.8) is 0 Å². The largest absolute Gasteiger partial charge is 1.00 e. The van der Waals surface area contributed by atoms with Crippen LogP contribution in [0, 0.1) is 17.8 Å². The fourth-order valence-electron chi connectivity index (χ4n) is 2.74. The van der Waals surface area contributed by atoms with Gasteiger partial charge in [-0.3, -0.25) is 9.59 Å². The van der Waals surface area contributed by atoms with Gasteiger partial charge in [0.05, 0.1) is 0 Å². The maximum absolute atomic E-state index is 12.0. The summed E-state index contributed by atoms with van der Waals surface area (Å²) in [7, 11) is 0. The average Bonchev–Trinajstić information content (AvgIpc) is 2.45. The van der Waals surface area contributed by atoms with Gasteiger partial charge in [-0.2, -0.15) is 0 Å². The molecule has 0 aromatic heterocycles. The average molecular weight is 351 g/mol. The number of rotatable bonds is 7. The summed E-state index contributed by atoms with van der Waals surface area (Å²) in [4.78, 5) is 34.3. The van der Waals surface area contributed by atoms with Gasteiger partial charge in [0.2, 0.25) is 6.29 Å². The van der Waals surface area contributed by atoms with Crippen LogP contribution in [0.2, 0.25) is 0 Å². The van der Waals surface area contributed by atoms with Gasteiger partial charge in [0.1, 0.15) is 6.04 Å². The van der Waals surface area contributed by atoms with Crippen LogP contribution in [-0.2, 0) is 23.9 Å². The molecule has 132 valence electrons. The van der Waals surface area contributed by atoms with Crippen molar-refractivity contribution in [1.29, 1.82) is 0 Å². The zero-order valence-electron chi connectivity index (χ0n) is 14.9. The molecule has 0 aliphatic heterocycles. The molecule has 0 spiro atoms. The molecule has 1 aliphatic carbocycles. The van der Waals surface area contributed by atoms with Gasteiger partial charge in [-0.1, -0.05) is 13.8 Å². The minimum absolute atomic E-state index is 0. The zero-order chi connectivity index (χ0) is 17.6. The molecule has 2 atom stereocenters. The van der Waals surface area contributed by atoms with Crippen molar-refractivity contribution in [3.8, 4) is 0 Å². The normalized spacial score (nSPS) is 22.9. The Balaban J connectivity index is 0.00000529. The SMILES string of the molecule is CC(C)CC(=O)OC(C)OC(=O)C(N)C1CCC(C(=O)[O-])CC1.[Na+]. The summed E-state index contributed by atoms with van der Waals surface area (Å²) in [5, 5.41) is 10.8. The standard InChI is InChI=1S/C16H27NO6.Na/c1-9(2)8-13(18)22-10(3)23-16(21)14(17)11-4-6-12(7-5-11)15(19)20;/h9-12,14H,4-8,17H2,1-3H3,(H,19,20);/q;+1/p-1. The van der Waals surface area contributed by atoms with Gasteiger partial charge in [-0.15, -0.1) is 0 Å². The Kier molecular flexibility index (Phi) is 10.8. The molecule has 0 amide bonds. The van der Waals surface area contributed by atoms with E-state index in [0.29, 0.717) is 25.7 Å². The predicted molar refractivity (Wildman–Crippen MR) is 79.5 cm³/mol. The third-order valence-electron chi connectivity index (χ3n) is 4.04. The maximum atomic E-state index is 12.0. The van der Waals surface area contributed by atoms with E-state index in [4.69, 9.17) is 15.2 Å². The number of esters is 2. The van der Waals surface area contributed by atoms with Crippen LogP contribution < -0.4 is 40.4 Å². The van der Waals surface area contributed by atoms with Crippen molar-refractivity contribution in [2.45, 2.75) is 65.2 Å². The molecular formula is C16H26NNaO6. The summed E-state index contributed by atoms with van der Waals surface area (Å²) >= 11 is 0. The minimum atomic E-state index is -1.05. The van der Waals surface area contributed by atoms with Gasteiger partial charge >= 0.3 is 41.5 Å². The molecule has 2 unspecified atom stereocenters. The van der Waals surface area contributed by atoms with Crippen LogP contribution in [0.1, 0.15) is 52.9 Å². The quantitative estimate of drug-likeness (QED) is 0.302. The molecule has 8 heteroatoms. The molecule has 2 N–H and O–H groups in total. The van der Waals surface area contributed by atoms with Gasteiger partial charge in [-0.05, 0) is 43.4 Å². The molecule has 7 nitrogen and oxygen atoms in total. The van der Waals surface area contributed by atoms with E-state index < -0.39 is 36.2 Å². The predicted octanol–water partition coefficient (Wildman–Crippen LogP) is -2.65. The Bertz CT molecular complexity index is 434. The summed E-state index contributed by atoms with van der Waals surface area (Å²) in [6, 6.07) is -0.844. The van der Waals surface area contributed by atoms with Crippen molar-refractivity contribution in [2.24, 2.45) is 23.5 Å². The monoisotopic (exact) mass is 351 g/mol. The summed E-state index contributed by atoms with van der Waals surface area (Å²) in [5.74, 6) is -2.55. The van der Waals surface area contributed by atoms with E-state index in [1.54, 1.807) is 0 Å². The molecule has 0 heterocycles. The van der Waals surface area contributed by atoms with Crippen molar-refractivity contribution >= 4 is 17.9 Å². The molecule has 1 saturated carbocycles. The molecule has 0 aromatic rings. The fraction of sp³-hybridized carbons (Fsp3) is 0.812. The van der Waals surface area contributed by atoms with E-state index in [1.165, 1.54) is 6.92 Å². The number of nitrogens with two attached hydrogens (primary N) is 1. The first-order chi connectivity index (χ1) is 10.7. The van der Waals surface area contributed by atoms with Crippen molar-refractivity contribution in [2.75, 3.05) is 0 Å². The Morgan fingerprint density at radius 3 is 2.08 bits per heavy atom. The molecular weight excluding hydrogens is 325 g/mol. The van der Waals surface area contributed by atoms with Gasteiger partial charge in [0.15, 0.2) is 0 Å². The summed E-state index contributed by atoms with van der Waals surface area (Å²) in [6.07, 6.45) is 1.24. The topological polar surface area (TPSA) is 119 Å². The number of hydrogen-bond acceptors (Lipinski definition) is 7. The van der Waals surface area contributed by atoms with Crippen LogP contribution in [0.4, 0.5) is 0 Å². The summed E-state index contributed by atoms with van der Waals surface area (Å²) in [5.41, 5.74) is 5.90. The van der Waals surface area contributed by atoms with Crippen LogP contribution in [0.15, 0.2) is 0 Å². The summed E-state index contributed by atoms with van der Waals surface area (Å²) in [6.45, 7) is 5.24. The number of aliphatic carboxylic acids is 1. The van der Waals surface area contributed by atoms with Gasteiger partial charge in [-0.25, -0.2) is 0 Å². The first-order valence-electron chi connectivity index (χ1n) is 8.07. The Morgan fingerprint density at radius 2 is 1.62 bits per heavy atom. The van der Waals surface area contributed by atoms with Crippen LogP contribution in [0.3, 0.4) is 0 Å². The summed E-state index contributed by atoms with van der Waals surface area (Å²) < 4.78 is 10.1. The number of hydrogen-bond donors (Lipinski definition) is 1. The van der Waals surface area contributed by atoms with Gasteiger partial charge < -0.3 is 25.1 Å². The number of carboxylic acids is 1. The Morgan fingerprint density at radius 1 is 1.08 bits per heavy atom. The second-order valence-corrected chi connectivity index (χ2v) is 6.55. The fourth-order valence-corrected chi connectivity index (χ4v) is 2.74. The Hall–Kier alpha value is -0.630. The molecule has 0 radical (unpaired) electrons. The second kappa shape index (κ2) is 11.1. The molecule has 1 fully saturated rings. The van der Waals surface area contributed by atoms with Crippen LogP contribution >= 0.6 is 0 Å². The third-order valence-corrected chi connectivity index (χ3v) is 4.04. The minimum Gasteiger partial charge on any atom is -0.550 e. The van der Waals surface area contributed by atoms with E-state index in [2.05, 4.69) is 0 Å². The van der Waals surface area contributed by atoms with Gasteiger partial charge in [0.25, 0.3) is 0 Å². The number of carbonyl (C=O) groups is 3. The van der Waals surface area contributed by atoms with E-state index in [0.717, 1.165) is 0 Å². The molecule has 1 rings (SSSR count). The van der Waals surface area contributed by atoms with Crippen molar-refractivity contribution < 1.29 is 58.5 Å². The van der Waals surface area contributed by atoms with Gasteiger partial charge in [0, 0.05) is 19.3 Å². The van der Waals surface area contributed by atoms with E-state index in [9.17, 15) is 19.5 Å². The van der Waals surface area contributed by atoms with Crippen molar-refractivity contribution in [1.82, 2.24) is 0 Å². The van der Waals surface area contributed by atoms with Crippen LogP contribution in [-0.4, -0.2) is 30.2 Å². The van der Waals surface area contributed by atoms with E-state index >= 15 is 0 Å². The molecule has 0 saturated heterocycles. The second-order valence-electron chi connectivity index (χ2n) is 6.55. The molecule has 0 bridgehead atoms. The molecule has 0 aromatic carbocycles. The smallest absolute Gasteiger partial charge is 0.550 e. The Labute approximate surface area is 164 Å². The third kappa shape index (κ3) is 7.96. The van der Waals surface area contributed by atoms with E-state index in [1.807, 2.05) is 13.8 Å². The van der Waals surface area contributed by atoms with Crippen molar-refractivity contribution in [3.05, 3.63) is 0 Å². The van der Waals surface area contributed by atoms with Crippen LogP contribution in [0.5, 0.6) is 0 Å². The molecule has 1 aliphatic rings. The molecule has 24 heavy (non-hydrogen) atoms. The van der Waals surface area contributed by atoms with Crippen LogP contribution in [0.25, 0.3) is 0 Å². The first kappa shape index (κ1) is 23.4.